The number of carbonyl (C=O) groups excluding carboxylic acids is 1. The van der Waals surface area contributed by atoms with E-state index in [9.17, 15) is 4.79 Å². The number of hydrogen-bond donors (Lipinski definition) is 3. The number of carbonyl (C=O) groups is 3. The summed E-state index contributed by atoms with van der Waals surface area (Å²) in [6.07, 6.45) is 1.78. The van der Waals surface area contributed by atoms with Crippen molar-refractivity contribution in [3.05, 3.63) is 34.3 Å². The number of carboxylic acid groups (broad SMARTS) is 2. The molecule has 7 nitrogen and oxygen atoms in total. The summed E-state index contributed by atoms with van der Waals surface area (Å²) < 4.78 is 1.11. The third-order valence-electron chi connectivity index (χ3n) is 3.47. The van der Waals surface area contributed by atoms with Crippen LogP contribution in [0.1, 0.15) is 18.4 Å². The Hall–Kier alpha value is -1.93. The lowest BCUT2D eigenvalue weighted by Crippen LogP contribution is -2.38. The largest absolute Gasteiger partial charge is 0.473 e. The summed E-state index contributed by atoms with van der Waals surface area (Å²) in [4.78, 5) is 31.6. The van der Waals surface area contributed by atoms with Crippen molar-refractivity contribution < 1.29 is 24.6 Å². The van der Waals surface area contributed by atoms with Gasteiger partial charge in [-0.25, -0.2) is 9.59 Å². The van der Waals surface area contributed by atoms with Gasteiger partial charge in [0.1, 0.15) is 0 Å². The fourth-order valence-corrected chi connectivity index (χ4v) is 2.72. The van der Waals surface area contributed by atoms with E-state index in [4.69, 9.17) is 25.5 Å². The number of benzene rings is 1. The Bertz CT molecular complexity index is 559. The molecule has 0 spiro atoms. The summed E-state index contributed by atoms with van der Waals surface area (Å²) in [5.74, 6) is -3.72. The number of rotatable bonds is 3. The quantitative estimate of drug-likeness (QED) is 0.673. The van der Waals surface area contributed by atoms with Crippen LogP contribution < -0.4 is 5.73 Å². The lowest BCUT2D eigenvalue weighted by atomic mass is 9.96. The molecule has 1 aliphatic rings. The van der Waals surface area contributed by atoms with Crippen LogP contribution in [-0.4, -0.2) is 46.0 Å². The van der Waals surface area contributed by atoms with Crippen LogP contribution in [0.4, 0.5) is 0 Å². The molecule has 0 aliphatic carbocycles. The van der Waals surface area contributed by atoms with E-state index < -0.39 is 11.9 Å². The topological polar surface area (TPSA) is 121 Å². The molecule has 126 valence electrons. The number of likely N-dealkylation sites (tertiary alicyclic amines) is 1. The molecule has 0 atom stereocenters. The van der Waals surface area contributed by atoms with E-state index in [1.165, 1.54) is 5.56 Å². The van der Waals surface area contributed by atoms with Crippen LogP contribution in [0.15, 0.2) is 28.7 Å². The molecular weight excluding hydrogens is 368 g/mol. The monoisotopic (exact) mass is 386 g/mol. The SMILES string of the molecule is NC(=O)C1CCN(Cc2cccc(Br)c2)CC1.O=C(O)C(=O)O. The molecule has 0 radical (unpaired) electrons. The van der Waals surface area contributed by atoms with Crippen molar-refractivity contribution in [3.63, 3.8) is 0 Å². The average molecular weight is 387 g/mol. The number of aliphatic carboxylic acids is 2. The van der Waals surface area contributed by atoms with Gasteiger partial charge in [0.25, 0.3) is 0 Å². The summed E-state index contributed by atoms with van der Waals surface area (Å²) in [6.45, 7) is 2.87. The van der Waals surface area contributed by atoms with E-state index >= 15 is 0 Å². The zero-order valence-corrected chi connectivity index (χ0v) is 14.0. The van der Waals surface area contributed by atoms with Gasteiger partial charge in [-0.3, -0.25) is 9.69 Å². The predicted molar refractivity (Wildman–Crippen MR) is 86.6 cm³/mol. The standard InChI is InChI=1S/C13H17BrN2O.C2H2O4/c14-12-3-1-2-10(8-12)9-16-6-4-11(5-7-16)13(15)17;3-1(4)2(5)6/h1-3,8,11H,4-7,9H2,(H2,15,17);(H,3,4)(H,5,6). The Morgan fingerprint density at radius 3 is 2.17 bits per heavy atom. The van der Waals surface area contributed by atoms with E-state index in [1.54, 1.807) is 0 Å². The zero-order valence-electron chi connectivity index (χ0n) is 12.4. The van der Waals surface area contributed by atoms with Crippen LogP contribution in [-0.2, 0) is 20.9 Å². The van der Waals surface area contributed by atoms with Crippen LogP contribution in [0.5, 0.6) is 0 Å². The lowest BCUT2D eigenvalue weighted by molar-refractivity contribution is -0.159. The van der Waals surface area contributed by atoms with Gasteiger partial charge in [-0.15, -0.1) is 0 Å². The molecule has 2 rings (SSSR count). The molecule has 0 saturated carbocycles. The van der Waals surface area contributed by atoms with E-state index in [0.29, 0.717) is 0 Å². The molecule has 23 heavy (non-hydrogen) atoms. The maximum atomic E-state index is 11.1. The van der Waals surface area contributed by atoms with Crippen molar-refractivity contribution in [1.29, 1.82) is 0 Å². The Morgan fingerprint density at radius 2 is 1.74 bits per heavy atom. The number of piperidine rings is 1. The van der Waals surface area contributed by atoms with Crippen molar-refractivity contribution in [2.75, 3.05) is 13.1 Å². The summed E-state index contributed by atoms with van der Waals surface area (Å²) in [5, 5.41) is 14.8. The Balaban J connectivity index is 0.000000379. The Kier molecular flexibility index (Phi) is 7.70. The first-order chi connectivity index (χ1) is 10.8. The summed E-state index contributed by atoms with van der Waals surface area (Å²) in [5.41, 5.74) is 6.62. The third kappa shape index (κ3) is 7.25. The number of nitrogens with zero attached hydrogens (tertiary/aromatic N) is 1. The number of halogens is 1. The molecule has 1 saturated heterocycles. The number of amides is 1. The molecule has 1 fully saturated rings. The molecule has 1 aliphatic heterocycles. The molecule has 8 heteroatoms. The normalized spacial score (nSPS) is 15.3. The van der Waals surface area contributed by atoms with Gasteiger partial charge in [0.15, 0.2) is 0 Å². The van der Waals surface area contributed by atoms with Crippen LogP contribution in [0.2, 0.25) is 0 Å². The molecular formula is C15H19BrN2O5. The van der Waals surface area contributed by atoms with E-state index in [0.717, 1.165) is 36.9 Å². The van der Waals surface area contributed by atoms with Gasteiger partial charge in [-0.1, -0.05) is 28.1 Å². The van der Waals surface area contributed by atoms with Gasteiger partial charge in [-0.2, -0.15) is 0 Å². The van der Waals surface area contributed by atoms with Crippen LogP contribution in [0, 0.1) is 5.92 Å². The molecule has 4 N–H and O–H groups in total. The fraction of sp³-hybridized carbons (Fsp3) is 0.400. The fourth-order valence-electron chi connectivity index (χ4n) is 2.27. The average Bonchev–Trinajstić information content (AvgIpc) is 2.48. The molecule has 1 amide bonds. The van der Waals surface area contributed by atoms with Gasteiger partial charge < -0.3 is 15.9 Å². The predicted octanol–water partition coefficient (Wildman–Crippen LogP) is 1.30. The van der Waals surface area contributed by atoms with Gasteiger partial charge in [0.05, 0.1) is 0 Å². The second-order valence-corrected chi connectivity index (χ2v) is 6.11. The third-order valence-corrected chi connectivity index (χ3v) is 3.96. The van der Waals surface area contributed by atoms with Crippen molar-refractivity contribution >= 4 is 33.8 Å². The smallest absolute Gasteiger partial charge is 0.414 e. The van der Waals surface area contributed by atoms with Gasteiger partial charge in [0, 0.05) is 16.9 Å². The first-order valence-electron chi connectivity index (χ1n) is 7.02. The van der Waals surface area contributed by atoms with Gasteiger partial charge in [-0.05, 0) is 43.6 Å². The summed E-state index contributed by atoms with van der Waals surface area (Å²) >= 11 is 3.48. The van der Waals surface area contributed by atoms with Crippen LogP contribution >= 0.6 is 15.9 Å². The highest BCUT2D eigenvalue weighted by Gasteiger charge is 2.22. The molecule has 0 unspecified atom stereocenters. The Morgan fingerprint density at radius 1 is 1.17 bits per heavy atom. The van der Waals surface area contributed by atoms with Crippen molar-refractivity contribution in [3.8, 4) is 0 Å². The van der Waals surface area contributed by atoms with Gasteiger partial charge in [0.2, 0.25) is 5.91 Å². The summed E-state index contributed by atoms with van der Waals surface area (Å²) in [7, 11) is 0. The van der Waals surface area contributed by atoms with E-state index in [2.05, 4.69) is 39.0 Å². The lowest BCUT2D eigenvalue weighted by Gasteiger charge is -2.30. The minimum absolute atomic E-state index is 0.0776. The highest BCUT2D eigenvalue weighted by atomic mass is 79.9. The van der Waals surface area contributed by atoms with E-state index in [1.807, 2.05) is 6.07 Å². The first kappa shape index (κ1) is 19.1. The molecule has 1 heterocycles. The van der Waals surface area contributed by atoms with Crippen LogP contribution in [0.25, 0.3) is 0 Å². The second kappa shape index (κ2) is 9.26. The van der Waals surface area contributed by atoms with Crippen LogP contribution in [0.3, 0.4) is 0 Å². The van der Waals surface area contributed by atoms with Crippen molar-refractivity contribution in [2.24, 2.45) is 11.7 Å². The minimum Gasteiger partial charge on any atom is -0.473 e. The molecule has 1 aromatic rings. The number of carboxylic acids is 2. The molecule has 0 bridgehead atoms. The number of primary amides is 1. The molecule has 0 aromatic heterocycles. The number of hydrogen-bond acceptors (Lipinski definition) is 4. The van der Waals surface area contributed by atoms with E-state index in [-0.39, 0.29) is 11.8 Å². The molecule has 1 aromatic carbocycles. The highest BCUT2D eigenvalue weighted by Crippen LogP contribution is 2.19. The second-order valence-electron chi connectivity index (χ2n) is 5.19. The van der Waals surface area contributed by atoms with Crippen molar-refractivity contribution in [1.82, 2.24) is 4.90 Å². The van der Waals surface area contributed by atoms with Crippen molar-refractivity contribution in [2.45, 2.75) is 19.4 Å². The highest BCUT2D eigenvalue weighted by molar-refractivity contribution is 9.10. The zero-order chi connectivity index (χ0) is 17.4. The summed E-state index contributed by atoms with van der Waals surface area (Å²) in [6, 6.07) is 8.35. The van der Waals surface area contributed by atoms with Gasteiger partial charge >= 0.3 is 11.9 Å². The number of nitrogens with two attached hydrogens (primary N) is 1. The first-order valence-corrected chi connectivity index (χ1v) is 7.81. The Labute approximate surface area is 142 Å². The maximum absolute atomic E-state index is 11.1. The maximum Gasteiger partial charge on any atom is 0.414 e. The minimum atomic E-state index is -1.82.